The van der Waals surface area contributed by atoms with Crippen LogP contribution in [-0.2, 0) is 9.59 Å². The average Bonchev–Trinajstić information content (AvgIpc) is 2.97. The van der Waals surface area contributed by atoms with Gasteiger partial charge >= 0.3 is 0 Å². The predicted molar refractivity (Wildman–Crippen MR) is 73.6 cm³/mol. The first kappa shape index (κ1) is 12.1. The molecular weight excluding hydrogens is 252 g/mol. The monoisotopic (exact) mass is 270 g/mol. The van der Waals surface area contributed by atoms with Crippen molar-refractivity contribution in [1.82, 2.24) is 10.2 Å². The molecule has 3 heterocycles. The largest absolute Gasteiger partial charge is 0.296 e. The van der Waals surface area contributed by atoms with Crippen molar-refractivity contribution in [3.05, 3.63) is 35.4 Å². The summed E-state index contributed by atoms with van der Waals surface area (Å²) in [6.45, 7) is 6.47. The molecule has 2 fully saturated rings. The molecule has 3 aliphatic rings. The van der Waals surface area contributed by atoms with E-state index in [0.717, 1.165) is 0 Å². The van der Waals surface area contributed by atoms with E-state index in [2.05, 4.69) is 43.1 Å². The van der Waals surface area contributed by atoms with Gasteiger partial charge in [0.2, 0.25) is 11.8 Å². The molecule has 1 aromatic carbocycles. The summed E-state index contributed by atoms with van der Waals surface area (Å²) in [7, 11) is 0. The Labute approximate surface area is 118 Å². The summed E-state index contributed by atoms with van der Waals surface area (Å²) >= 11 is 0. The Hall–Kier alpha value is -1.68. The van der Waals surface area contributed by atoms with E-state index in [4.69, 9.17) is 0 Å². The SMILES string of the molecule is CC(C)(C)N1[C@@H]2c3ccccc3[C@H]1[C@H]1C(=O)NC(=O)[C@H]12. The molecule has 0 spiro atoms. The highest BCUT2D eigenvalue weighted by molar-refractivity contribution is 6.07. The van der Waals surface area contributed by atoms with Gasteiger partial charge in [0, 0.05) is 17.6 Å². The number of amides is 2. The molecule has 4 nitrogen and oxygen atoms in total. The third kappa shape index (κ3) is 1.25. The van der Waals surface area contributed by atoms with Crippen LogP contribution in [0.15, 0.2) is 24.3 Å². The van der Waals surface area contributed by atoms with Gasteiger partial charge in [-0.2, -0.15) is 0 Å². The van der Waals surface area contributed by atoms with Gasteiger partial charge in [-0.05, 0) is 31.9 Å². The molecule has 1 N–H and O–H groups in total. The van der Waals surface area contributed by atoms with Gasteiger partial charge in [0.1, 0.15) is 0 Å². The number of benzene rings is 1. The highest BCUT2D eigenvalue weighted by Gasteiger charge is 2.65. The number of hydrogen-bond acceptors (Lipinski definition) is 3. The minimum absolute atomic E-state index is 0.0349. The second kappa shape index (κ2) is 3.50. The molecule has 1 aromatic rings. The van der Waals surface area contributed by atoms with Crippen LogP contribution in [0.1, 0.15) is 44.0 Å². The zero-order valence-electron chi connectivity index (χ0n) is 11.9. The lowest BCUT2D eigenvalue weighted by Gasteiger charge is -2.37. The van der Waals surface area contributed by atoms with Crippen molar-refractivity contribution in [2.45, 2.75) is 38.4 Å². The highest BCUT2D eigenvalue weighted by atomic mass is 16.2. The van der Waals surface area contributed by atoms with Crippen LogP contribution in [0.2, 0.25) is 0 Å². The Morgan fingerprint density at radius 1 is 0.950 bits per heavy atom. The number of carbonyl (C=O) groups is 2. The molecule has 2 amide bonds. The lowest BCUT2D eigenvalue weighted by atomic mass is 9.77. The van der Waals surface area contributed by atoms with Crippen LogP contribution in [0.3, 0.4) is 0 Å². The molecular formula is C16H18N2O2. The number of fused-ring (bicyclic) bond motifs is 8. The van der Waals surface area contributed by atoms with Crippen LogP contribution in [-0.4, -0.2) is 22.3 Å². The molecule has 4 atom stereocenters. The van der Waals surface area contributed by atoms with Crippen molar-refractivity contribution in [3.8, 4) is 0 Å². The van der Waals surface area contributed by atoms with E-state index in [-0.39, 0.29) is 41.3 Å². The Bertz CT molecular complexity index is 585. The lowest BCUT2D eigenvalue weighted by Crippen LogP contribution is -2.42. The minimum atomic E-state index is -0.221. The lowest BCUT2D eigenvalue weighted by molar-refractivity contribution is -0.128. The molecule has 0 aliphatic carbocycles. The van der Waals surface area contributed by atoms with Crippen molar-refractivity contribution in [1.29, 1.82) is 0 Å². The van der Waals surface area contributed by atoms with Crippen LogP contribution in [0, 0.1) is 11.8 Å². The van der Waals surface area contributed by atoms with Crippen molar-refractivity contribution in [2.75, 3.05) is 0 Å². The van der Waals surface area contributed by atoms with Gasteiger partial charge in [-0.3, -0.25) is 19.8 Å². The number of rotatable bonds is 0. The maximum atomic E-state index is 12.2. The molecule has 4 heteroatoms. The number of carbonyl (C=O) groups excluding carboxylic acids is 2. The number of hydrogen-bond donors (Lipinski definition) is 1. The van der Waals surface area contributed by atoms with Gasteiger partial charge in [-0.15, -0.1) is 0 Å². The Morgan fingerprint density at radius 3 is 1.80 bits per heavy atom. The zero-order valence-corrected chi connectivity index (χ0v) is 11.9. The molecule has 104 valence electrons. The second-order valence-corrected chi connectivity index (χ2v) is 7.00. The fourth-order valence-corrected chi connectivity index (χ4v) is 4.38. The predicted octanol–water partition coefficient (Wildman–Crippen LogP) is 1.79. The minimum Gasteiger partial charge on any atom is -0.296 e. The summed E-state index contributed by atoms with van der Waals surface area (Å²) < 4.78 is 0. The van der Waals surface area contributed by atoms with Crippen LogP contribution in [0.5, 0.6) is 0 Å². The molecule has 0 aromatic heterocycles. The summed E-state index contributed by atoms with van der Waals surface area (Å²) in [5, 5.41) is 2.52. The summed E-state index contributed by atoms with van der Waals surface area (Å²) in [5.41, 5.74) is 2.37. The molecule has 20 heavy (non-hydrogen) atoms. The summed E-state index contributed by atoms with van der Waals surface area (Å²) in [6, 6.07) is 8.31. The molecule has 0 saturated carbocycles. The van der Waals surface area contributed by atoms with E-state index in [9.17, 15) is 9.59 Å². The molecule has 4 rings (SSSR count). The van der Waals surface area contributed by atoms with Gasteiger partial charge in [-0.1, -0.05) is 24.3 Å². The van der Waals surface area contributed by atoms with Gasteiger partial charge in [0.05, 0.1) is 11.8 Å². The van der Waals surface area contributed by atoms with E-state index in [1.807, 2.05) is 12.1 Å². The number of imide groups is 1. The first-order valence-electron chi connectivity index (χ1n) is 7.13. The molecule has 3 aliphatic heterocycles. The van der Waals surface area contributed by atoms with E-state index in [0.29, 0.717) is 0 Å². The summed E-state index contributed by atoms with van der Waals surface area (Å²) in [4.78, 5) is 26.7. The Kier molecular flexibility index (Phi) is 2.11. The summed E-state index contributed by atoms with van der Waals surface area (Å²) in [6.07, 6.45) is 0. The fraction of sp³-hybridized carbons (Fsp3) is 0.500. The Morgan fingerprint density at radius 2 is 1.40 bits per heavy atom. The van der Waals surface area contributed by atoms with E-state index in [1.165, 1.54) is 11.1 Å². The van der Waals surface area contributed by atoms with E-state index in [1.54, 1.807) is 0 Å². The van der Waals surface area contributed by atoms with E-state index < -0.39 is 0 Å². The van der Waals surface area contributed by atoms with Gasteiger partial charge in [0.15, 0.2) is 0 Å². The van der Waals surface area contributed by atoms with Gasteiger partial charge in [0.25, 0.3) is 0 Å². The number of nitrogens with zero attached hydrogens (tertiary/aromatic N) is 1. The molecule has 0 radical (unpaired) electrons. The van der Waals surface area contributed by atoms with Crippen molar-refractivity contribution in [3.63, 3.8) is 0 Å². The highest BCUT2D eigenvalue weighted by Crippen LogP contribution is 2.62. The zero-order chi connectivity index (χ0) is 14.2. The molecule has 2 saturated heterocycles. The topological polar surface area (TPSA) is 49.4 Å². The standard InChI is InChI=1S/C16H18N2O2/c1-16(2,3)18-12-8-6-4-5-7-9(8)13(18)11-10(12)14(19)17-15(11)20/h4-7,10-13H,1-3H3,(H,17,19,20)/t10-,11+,12-,13+. The second-order valence-electron chi connectivity index (χ2n) is 7.00. The number of nitrogens with one attached hydrogen (secondary N) is 1. The third-order valence-electron chi connectivity index (χ3n) is 4.93. The van der Waals surface area contributed by atoms with Crippen molar-refractivity contribution in [2.24, 2.45) is 11.8 Å². The first-order valence-corrected chi connectivity index (χ1v) is 7.13. The average molecular weight is 270 g/mol. The van der Waals surface area contributed by atoms with Crippen molar-refractivity contribution >= 4 is 11.8 Å². The maximum Gasteiger partial charge on any atom is 0.232 e. The van der Waals surface area contributed by atoms with Crippen LogP contribution >= 0.6 is 0 Å². The third-order valence-corrected chi connectivity index (χ3v) is 4.93. The van der Waals surface area contributed by atoms with Gasteiger partial charge < -0.3 is 0 Å². The van der Waals surface area contributed by atoms with E-state index >= 15 is 0 Å². The van der Waals surface area contributed by atoms with Crippen molar-refractivity contribution < 1.29 is 9.59 Å². The fourth-order valence-electron chi connectivity index (χ4n) is 4.38. The smallest absolute Gasteiger partial charge is 0.232 e. The van der Waals surface area contributed by atoms with Crippen LogP contribution in [0.4, 0.5) is 0 Å². The van der Waals surface area contributed by atoms with Gasteiger partial charge in [-0.25, -0.2) is 0 Å². The first-order chi connectivity index (χ1) is 9.41. The quantitative estimate of drug-likeness (QED) is 0.731. The summed E-state index contributed by atoms with van der Waals surface area (Å²) in [5.74, 6) is -0.643. The van der Waals surface area contributed by atoms with Crippen LogP contribution in [0.25, 0.3) is 0 Å². The normalized spacial score (nSPS) is 35.1. The molecule has 2 bridgehead atoms. The van der Waals surface area contributed by atoms with Crippen LogP contribution < -0.4 is 5.32 Å². The Balaban J connectivity index is 1.94. The maximum absolute atomic E-state index is 12.2. The molecule has 0 unspecified atom stereocenters.